The van der Waals surface area contributed by atoms with Gasteiger partial charge < -0.3 is 14.2 Å². The van der Waals surface area contributed by atoms with Gasteiger partial charge in [0.2, 0.25) is 0 Å². The Morgan fingerprint density at radius 3 is 1.88 bits per heavy atom. The first-order valence-electron chi connectivity index (χ1n) is 7.52. The average molecular weight is 336 g/mol. The average Bonchev–Trinajstić information content (AvgIpc) is 2.56. The summed E-state index contributed by atoms with van der Waals surface area (Å²) in [6.07, 6.45) is 0.0766. The van der Waals surface area contributed by atoms with Crippen LogP contribution in [-0.2, 0) is 35.6 Å². The highest BCUT2D eigenvalue weighted by atomic mass is 16.5. The number of ether oxygens (including phenoxy) is 3. The molecule has 0 saturated heterocycles. The van der Waals surface area contributed by atoms with Crippen molar-refractivity contribution in [3.63, 3.8) is 0 Å². The molecule has 0 N–H and O–H groups in total. The van der Waals surface area contributed by atoms with Gasteiger partial charge in [-0.2, -0.15) is 0 Å². The Bertz CT molecular complexity index is 611. The minimum absolute atomic E-state index is 0.0766. The van der Waals surface area contributed by atoms with Crippen molar-refractivity contribution < 1.29 is 28.6 Å². The number of rotatable bonds is 5. The molecule has 0 aliphatic rings. The lowest BCUT2D eigenvalue weighted by Gasteiger charge is -2.21. The highest BCUT2D eigenvalue weighted by Gasteiger charge is 2.30. The molecule has 0 aromatic heterocycles. The first kappa shape index (κ1) is 19.7. The van der Waals surface area contributed by atoms with E-state index in [-0.39, 0.29) is 11.8 Å². The molecule has 1 rings (SSSR count). The Kier molecular flexibility index (Phi) is 6.51. The van der Waals surface area contributed by atoms with E-state index in [1.165, 1.54) is 21.3 Å². The van der Waals surface area contributed by atoms with Crippen LogP contribution in [0.15, 0.2) is 18.2 Å². The number of carbonyl (C=O) groups excluding carboxylic acids is 3. The maximum atomic E-state index is 11.9. The zero-order chi connectivity index (χ0) is 18.5. The Morgan fingerprint density at radius 2 is 1.46 bits per heavy atom. The van der Waals surface area contributed by atoms with Crippen molar-refractivity contribution in [2.24, 2.45) is 5.92 Å². The van der Waals surface area contributed by atoms with Crippen molar-refractivity contribution in [3.05, 3.63) is 34.9 Å². The molecule has 6 nitrogen and oxygen atoms in total. The topological polar surface area (TPSA) is 78.9 Å². The molecule has 0 saturated carbocycles. The first-order chi connectivity index (χ1) is 11.1. The number of benzene rings is 1. The van der Waals surface area contributed by atoms with E-state index in [2.05, 4.69) is 9.47 Å². The summed E-state index contributed by atoms with van der Waals surface area (Å²) < 4.78 is 14.1. The standard InChI is InChI=1S/C18H24O6/c1-18(2,3)13-8-11(7-12(10-13)15(19)22-4)9-14(16(20)23-5)17(21)24-6/h7-8,10,14H,9H2,1-6H3. The molecular weight excluding hydrogens is 312 g/mol. The van der Waals surface area contributed by atoms with Crippen LogP contribution in [0.2, 0.25) is 0 Å². The van der Waals surface area contributed by atoms with E-state index in [0.717, 1.165) is 5.56 Å². The molecule has 0 unspecified atom stereocenters. The Morgan fingerprint density at radius 1 is 0.917 bits per heavy atom. The van der Waals surface area contributed by atoms with Gasteiger partial charge in [0.25, 0.3) is 0 Å². The van der Waals surface area contributed by atoms with Gasteiger partial charge in [-0.3, -0.25) is 9.59 Å². The van der Waals surface area contributed by atoms with Gasteiger partial charge in [0.15, 0.2) is 5.92 Å². The third-order valence-corrected chi connectivity index (χ3v) is 3.69. The van der Waals surface area contributed by atoms with Crippen molar-refractivity contribution in [1.82, 2.24) is 0 Å². The SMILES string of the molecule is COC(=O)c1cc(CC(C(=O)OC)C(=O)OC)cc(C(C)(C)C)c1. The number of carbonyl (C=O) groups is 3. The van der Waals surface area contributed by atoms with Crippen LogP contribution in [0.4, 0.5) is 0 Å². The van der Waals surface area contributed by atoms with Gasteiger partial charge in [-0.1, -0.05) is 26.8 Å². The second kappa shape index (κ2) is 7.95. The molecule has 0 spiro atoms. The Labute approximate surface area is 142 Å². The van der Waals surface area contributed by atoms with E-state index >= 15 is 0 Å². The summed E-state index contributed by atoms with van der Waals surface area (Å²) in [4.78, 5) is 35.6. The number of esters is 3. The summed E-state index contributed by atoms with van der Waals surface area (Å²) in [6.45, 7) is 6.02. The van der Waals surface area contributed by atoms with Gasteiger partial charge >= 0.3 is 17.9 Å². The summed E-state index contributed by atoms with van der Waals surface area (Å²) in [7, 11) is 3.73. The largest absolute Gasteiger partial charge is 0.468 e. The molecule has 0 fully saturated rings. The molecule has 132 valence electrons. The number of hydrogen-bond donors (Lipinski definition) is 0. The van der Waals surface area contributed by atoms with Crippen molar-refractivity contribution in [2.75, 3.05) is 21.3 Å². The van der Waals surface area contributed by atoms with Gasteiger partial charge in [0.1, 0.15) is 0 Å². The molecule has 1 aromatic carbocycles. The van der Waals surface area contributed by atoms with Gasteiger partial charge in [-0.05, 0) is 35.1 Å². The highest BCUT2D eigenvalue weighted by molar-refractivity contribution is 5.95. The van der Waals surface area contributed by atoms with Gasteiger partial charge in [0, 0.05) is 0 Å². The number of methoxy groups -OCH3 is 3. The lowest BCUT2D eigenvalue weighted by molar-refractivity contribution is -0.158. The van der Waals surface area contributed by atoms with Crippen molar-refractivity contribution in [1.29, 1.82) is 0 Å². The third kappa shape index (κ3) is 4.81. The fourth-order valence-corrected chi connectivity index (χ4v) is 2.26. The van der Waals surface area contributed by atoms with E-state index in [4.69, 9.17) is 4.74 Å². The summed E-state index contributed by atoms with van der Waals surface area (Å²) in [6, 6.07) is 5.23. The normalized spacial score (nSPS) is 11.1. The van der Waals surface area contributed by atoms with Gasteiger partial charge in [0.05, 0.1) is 26.9 Å². The molecule has 6 heteroatoms. The Hall–Kier alpha value is -2.37. The molecule has 0 radical (unpaired) electrons. The van der Waals surface area contributed by atoms with E-state index in [1.54, 1.807) is 12.1 Å². The van der Waals surface area contributed by atoms with E-state index < -0.39 is 23.8 Å². The minimum Gasteiger partial charge on any atom is -0.468 e. The highest BCUT2D eigenvalue weighted by Crippen LogP contribution is 2.26. The lowest BCUT2D eigenvalue weighted by Crippen LogP contribution is -2.28. The first-order valence-corrected chi connectivity index (χ1v) is 7.52. The van der Waals surface area contributed by atoms with Crippen LogP contribution in [-0.4, -0.2) is 39.2 Å². The van der Waals surface area contributed by atoms with Crippen LogP contribution in [0.25, 0.3) is 0 Å². The van der Waals surface area contributed by atoms with Crippen LogP contribution >= 0.6 is 0 Å². The second-order valence-corrected chi connectivity index (χ2v) is 6.46. The monoisotopic (exact) mass is 336 g/mol. The van der Waals surface area contributed by atoms with Crippen molar-refractivity contribution in [2.45, 2.75) is 32.6 Å². The van der Waals surface area contributed by atoms with E-state index in [1.807, 2.05) is 26.8 Å². The number of hydrogen-bond acceptors (Lipinski definition) is 6. The zero-order valence-corrected chi connectivity index (χ0v) is 15.0. The smallest absolute Gasteiger partial charge is 0.337 e. The predicted molar refractivity (Wildman–Crippen MR) is 87.7 cm³/mol. The summed E-state index contributed by atoms with van der Waals surface area (Å²) in [5.41, 5.74) is 1.70. The molecule has 0 bridgehead atoms. The summed E-state index contributed by atoms with van der Waals surface area (Å²) in [5, 5.41) is 0. The fraction of sp³-hybridized carbons (Fsp3) is 0.500. The molecule has 0 atom stereocenters. The van der Waals surface area contributed by atoms with E-state index in [0.29, 0.717) is 11.1 Å². The van der Waals surface area contributed by atoms with E-state index in [9.17, 15) is 14.4 Å². The van der Waals surface area contributed by atoms with Crippen molar-refractivity contribution >= 4 is 17.9 Å². The maximum Gasteiger partial charge on any atom is 0.337 e. The third-order valence-electron chi connectivity index (χ3n) is 3.69. The maximum absolute atomic E-state index is 11.9. The predicted octanol–water partition coefficient (Wildman–Crippen LogP) is 2.28. The quantitative estimate of drug-likeness (QED) is 0.466. The molecule has 0 heterocycles. The van der Waals surface area contributed by atoms with Crippen LogP contribution in [0, 0.1) is 5.92 Å². The van der Waals surface area contributed by atoms with Gasteiger partial charge in [-0.15, -0.1) is 0 Å². The molecule has 0 amide bonds. The summed E-state index contributed by atoms with van der Waals surface area (Å²) in [5.74, 6) is -2.92. The van der Waals surface area contributed by atoms with Crippen LogP contribution in [0.1, 0.15) is 42.3 Å². The van der Waals surface area contributed by atoms with Crippen LogP contribution in [0.3, 0.4) is 0 Å². The molecule has 0 aliphatic heterocycles. The summed E-state index contributed by atoms with van der Waals surface area (Å²) >= 11 is 0. The molecular formula is C18H24O6. The Balaban J connectivity index is 3.32. The molecule has 24 heavy (non-hydrogen) atoms. The molecule has 0 aliphatic carbocycles. The second-order valence-electron chi connectivity index (χ2n) is 6.46. The zero-order valence-electron chi connectivity index (χ0n) is 15.0. The van der Waals surface area contributed by atoms with Crippen LogP contribution in [0.5, 0.6) is 0 Å². The fourth-order valence-electron chi connectivity index (χ4n) is 2.26. The van der Waals surface area contributed by atoms with Crippen LogP contribution < -0.4 is 0 Å². The minimum atomic E-state index is -1.08. The lowest BCUT2D eigenvalue weighted by atomic mass is 9.84. The van der Waals surface area contributed by atoms with Gasteiger partial charge in [-0.25, -0.2) is 4.79 Å². The molecule has 1 aromatic rings. The van der Waals surface area contributed by atoms with Crippen molar-refractivity contribution in [3.8, 4) is 0 Å².